The van der Waals surface area contributed by atoms with Crippen molar-refractivity contribution in [1.29, 1.82) is 0 Å². The molecule has 1 aromatic carbocycles. The van der Waals surface area contributed by atoms with Crippen LogP contribution in [-0.4, -0.2) is 0 Å². The molecule has 2 aliphatic carbocycles. The molecule has 0 atom stereocenters. The van der Waals surface area contributed by atoms with Crippen LogP contribution in [0.2, 0.25) is 0 Å². The highest BCUT2D eigenvalue weighted by atomic mass is 16.3. The van der Waals surface area contributed by atoms with E-state index in [1.165, 1.54) is 0 Å². The summed E-state index contributed by atoms with van der Waals surface area (Å²) >= 11 is 0. The first-order valence-corrected chi connectivity index (χ1v) is 4.95. The molecule has 0 saturated heterocycles. The van der Waals surface area contributed by atoms with Crippen molar-refractivity contribution in [3.8, 4) is 0 Å². The van der Waals surface area contributed by atoms with Gasteiger partial charge in [0.05, 0.1) is 0 Å². The first-order chi connectivity index (χ1) is 7.42. The largest absolute Gasteiger partial charge is 0.145 e. The molecule has 0 amide bonds. The molecule has 2 nitrogen and oxygen atoms in total. The predicted octanol–water partition coefficient (Wildman–Crippen LogP) is 3.52. The van der Waals surface area contributed by atoms with Gasteiger partial charge in [0.25, 0.3) is 0 Å². The fourth-order valence-corrected chi connectivity index (χ4v) is 2.23. The lowest BCUT2D eigenvalue weighted by atomic mass is 9.97. The summed E-state index contributed by atoms with van der Waals surface area (Å²) in [6, 6.07) is 7.93. The summed E-state index contributed by atoms with van der Waals surface area (Å²) in [5.41, 5.74) is 4.93. The van der Waals surface area contributed by atoms with Crippen molar-refractivity contribution in [2.75, 3.05) is 0 Å². The molecule has 0 saturated carbocycles. The van der Waals surface area contributed by atoms with E-state index in [0.717, 1.165) is 28.7 Å². The summed E-state index contributed by atoms with van der Waals surface area (Å²) in [5, 5.41) is 3.17. The average Bonchev–Trinajstić information content (AvgIpc) is 2.63. The van der Waals surface area contributed by atoms with E-state index in [4.69, 9.17) is 0 Å². The lowest BCUT2D eigenvalue weighted by Gasteiger charge is -2.06. The van der Waals surface area contributed by atoms with Gasteiger partial charge in [-0.05, 0) is 28.3 Å². The zero-order chi connectivity index (χ0) is 10.3. The Balaban J connectivity index is 2.34. The van der Waals surface area contributed by atoms with Gasteiger partial charge in [-0.1, -0.05) is 42.5 Å². The summed E-state index contributed by atoms with van der Waals surface area (Å²) < 4.78 is 0. The molecule has 0 heterocycles. The Morgan fingerprint density at radius 1 is 1.13 bits per heavy atom. The lowest BCUT2D eigenvalue weighted by Crippen LogP contribution is -1.87. The third kappa shape index (κ3) is 1.05. The normalized spacial score (nSPS) is 17.2. The number of fused-ring (bicyclic) bond motifs is 3. The van der Waals surface area contributed by atoms with E-state index in [0.29, 0.717) is 5.70 Å². The van der Waals surface area contributed by atoms with E-state index in [2.05, 4.69) is 17.3 Å². The lowest BCUT2D eigenvalue weighted by molar-refractivity contribution is 1.28. The van der Waals surface area contributed by atoms with Crippen molar-refractivity contribution in [3.05, 3.63) is 64.1 Å². The van der Waals surface area contributed by atoms with Crippen molar-refractivity contribution >= 4 is 11.3 Å². The van der Waals surface area contributed by atoms with Crippen LogP contribution in [0.4, 0.5) is 0 Å². The van der Waals surface area contributed by atoms with Crippen LogP contribution in [0.3, 0.4) is 0 Å². The SMILES string of the molecule is O=NC1=C2CC=CC=C2c2ccccc21. The van der Waals surface area contributed by atoms with Crippen LogP contribution >= 0.6 is 0 Å². The molecule has 72 valence electrons. The first-order valence-electron chi connectivity index (χ1n) is 4.95. The molecule has 15 heavy (non-hydrogen) atoms. The van der Waals surface area contributed by atoms with E-state index in [9.17, 15) is 4.91 Å². The predicted molar refractivity (Wildman–Crippen MR) is 60.9 cm³/mol. The summed E-state index contributed by atoms with van der Waals surface area (Å²) in [7, 11) is 0. The Hall–Kier alpha value is -1.96. The van der Waals surface area contributed by atoms with Gasteiger partial charge in [0.1, 0.15) is 5.70 Å². The highest BCUT2D eigenvalue weighted by Gasteiger charge is 2.26. The van der Waals surface area contributed by atoms with Gasteiger partial charge in [0.15, 0.2) is 0 Å². The van der Waals surface area contributed by atoms with Crippen LogP contribution in [0.25, 0.3) is 11.3 Å². The Kier molecular flexibility index (Phi) is 1.68. The van der Waals surface area contributed by atoms with Crippen molar-refractivity contribution in [3.63, 3.8) is 0 Å². The molecule has 2 heteroatoms. The molecule has 0 aromatic heterocycles. The van der Waals surface area contributed by atoms with Crippen molar-refractivity contribution in [1.82, 2.24) is 0 Å². The average molecular weight is 195 g/mol. The minimum Gasteiger partial charge on any atom is -0.145 e. The summed E-state index contributed by atoms with van der Waals surface area (Å²) in [6.45, 7) is 0. The van der Waals surface area contributed by atoms with Crippen LogP contribution in [-0.2, 0) is 0 Å². The Labute approximate surface area is 87.6 Å². The number of nitrogens with zero attached hydrogens (tertiary/aromatic N) is 1. The van der Waals surface area contributed by atoms with Crippen LogP contribution < -0.4 is 0 Å². The Morgan fingerprint density at radius 2 is 1.93 bits per heavy atom. The molecule has 0 radical (unpaired) electrons. The third-order valence-electron chi connectivity index (χ3n) is 2.90. The standard InChI is InChI=1S/C13H9NO/c15-14-13-11-7-3-1-5-9(11)10-6-2-4-8-12(10)13/h1-7H,8H2. The number of hydrogen-bond donors (Lipinski definition) is 0. The maximum atomic E-state index is 10.9. The second kappa shape index (κ2) is 3.02. The van der Waals surface area contributed by atoms with Crippen LogP contribution in [0.5, 0.6) is 0 Å². The quantitative estimate of drug-likeness (QED) is 0.630. The van der Waals surface area contributed by atoms with Gasteiger partial charge in [0.2, 0.25) is 0 Å². The molecular weight excluding hydrogens is 186 g/mol. The van der Waals surface area contributed by atoms with Gasteiger partial charge in [-0.3, -0.25) is 0 Å². The number of hydrogen-bond acceptors (Lipinski definition) is 2. The minimum absolute atomic E-state index is 0.612. The number of nitroso groups, excluding NO2 is 1. The summed E-state index contributed by atoms with van der Waals surface area (Å²) in [5.74, 6) is 0. The van der Waals surface area contributed by atoms with Crippen LogP contribution in [0.15, 0.2) is 53.2 Å². The van der Waals surface area contributed by atoms with E-state index in [1.807, 2.05) is 30.3 Å². The molecule has 0 bridgehead atoms. The van der Waals surface area contributed by atoms with E-state index >= 15 is 0 Å². The smallest absolute Gasteiger partial charge is 0.119 e. The fraction of sp³-hybridized carbons (Fsp3) is 0.0769. The number of benzene rings is 1. The molecule has 0 spiro atoms. The second-order valence-electron chi connectivity index (χ2n) is 3.68. The number of rotatable bonds is 1. The van der Waals surface area contributed by atoms with Crippen molar-refractivity contribution < 1.29 is 0 Å². The van der Waals surface area contributed by atoms with Crippen molar-refractivity contribution in [2.45, 2.75) is 6.42 Å². The summed E-state index contributed by atoms with van der Waals surface area (Å²) in [6.07, 6.45) is 6.94. The Morgan fingerprint density at radius 3 is 2.73 bits per heavy atom. The first kappa shape index (κ1) is 8.36. The molecule has 2 aliphatic rings. The van der Waals surface area contributed by atoms with Crippen LogP contribution in [0.1, 0.15) is 17.5 Å². The molecular formula is C13H9NO. The van der Waals surface area contributed by atoms with Gasteiger partial charge in [0, 0.05) is 5.56 Å². The van der Waals surface area contributed by atoms with Crippen LogP contribution in [0, 0.1) is 4.91 Å². The van der Waals surface area contributed by atoms with Gasteiger partial charge in [-0.2, -0.15) is 0 Å². The van der Waals surface area contributed by atoms with E-state index in [-0.39, 0.29) is 0 Å². The molecule has 0 fully saturated rings. The summed E-state index contributed by atoms with van der Waals surface area (Å²) in [4.78, 5) is 10.9. The maximum absolute atomic E-state index is 10.9. The van der Waals surface area contributed by atoms with Crippen molar-refractivity contribution in [2.24, 2.45) is 5.18 Å². The highest BCUT2D eigenvalue weighted by molar-refractivity contribution is 6.00. The van der Waals surface area contributed by atoms with Gasteiger partial charge < -0.3 is 0 Å². The molecule has 1 aromatic rings. The highest BCUT2D eigenvalue weighted by Crippen LogP contribution is 2.44. The van der Waals surface area contributed by atoms with E-state index in [1.54, 1.807) is 0 Å². The third-order valence-corrected chi connectivity index (χ3v) is 2.90. The second-order valence-corrected chi connectivity index (χ2v) is 3.68. The maximum Gasteiger partial charge on any atom is 0.119 e. The molecule has 0 N–H and O–H groups in total. The van der Waals surface area contributed by atoms with E-state index < -0.39 is 0 Å². The Bertz CT molecular complexity index is 535. The van der Waals surface area contributed by atoms with Gasteiger partial charge >= 0.3 is 0 Å². The zero-order valence-corrected chi connectivity index (χ0v) is 8.10. The molecule has 3 rings (SSSR count). The topological polar surface area (TPSA) is 29.4 Å². The van der Waals surface area contributed by atoms with Gasteiger partial charge in [-0.15, -0.1) is 4.91 Å². The minimum atomic E-state index is 0.612. The number of allylic oxidation sites excluding steroid dienone is 5. The van der Waals surface area contributed by atoms with Gasteiger partial charge in [-0.25, -0.2) is 0 Å². The monoisotopic (exact) mass is 195 g/mol. The zero-order valence-electron chi connectivity index (χ0n) is 8.10. The molecule has 0 aliphatic heterocycles. The fourth-order valence-electron chi connectivity index (χ4n) is 2.23. The molecule has 0 unspecified atom stereocenters.